The van der Waals surface area contributed by atoms with Crippen molar-refractivity contribution in [1.82, 2.24) is 53.3 Å². The first-order valence-electron chi connectivity index (χ1n) is 21.6. The number of pyridine rings is 1. The molecular formula is C48H44FN11O6. The smallest absolute Gasteiger partial charge is 0.438 e. The summed E-state index contributed by atoms with van der Waals surface area (Å²) >= 11 is 0. The molecule has 1 N–H and O–H groups in total. The van der Waals surface area contributed by atoms with Gasteiger partial charge in [-0.3, -0.25) is 28.1 Å². The number of nitrogens with one attached hydrogen (secondary N) is 1. The van der Waals surface area contributed by atoms with Gasteiger partial charge in [-0.05, 0) is 91.4 Å². The molecule has 66 heavy (non-hydrogen) atoms. The number of amides is 1. The van der Waals surface area contributed by atoms with Gasteiger partial charge in [0.2, 0.25) is 5.88 Å². The summed E-state index contributed by atoms with van der Waals surface area (Å²) in [4.78, 5) is 51.3. The molecule has 0 unspecified atom stereocenters. The second kappa shape index (κ2) is 15.4. The van der Waals surface area contributed by atoms with Gasteiger partial charge in [0.05, 0.1) is 49.9 Å². The van der Waals surface area contributed by atoms with Crippen LogP contribution in [0, 0.1) is 25.6 Å². The quantitative estimate of drug-likeness (QED) is 0.156. The predicted molar refractivity (Wildman–Crippen MR) is 241 cm³/mol. The van der Waals surface area contributed by atoms with Crippen molar-refractivity contribution in [3.63, 3.8) is 0 Å². The Labute approximate surface area is 375 Å². The van der Waals surface area contributed by atoms with Gasteiger partial charge in [0.1, 0.15) is 22.7 Å². The number of aromatic nitrogens is 10. The van der Waals surface area contributed by atoms with Crippen molar-refractivity contribution in [2.75, 3.05) is 27.4 Å². The highest BCUT2D eigenvalue weighted by Gasteiger charge is 2.59. The topological polar surface area (TPSA) is 178 Å². The molecule has 0 radical (unpaired) electrons. The van der Waals surface area contributed by atoms with Crippen LogP contribution in [0.1, 0.15) is 52.0 Å². The van der Waals surface area contributed by atoms with Crippen molar-refractivity contribution in [2.24, 2.45) is 5.92 Å². The average molecular weight is 890 g/mol. The van der Waals surface area contributed by atoms with Crippen LogP contribution in [0.3, 0.4) is 0 Å². The maximum absolute atomic E-state index is 16.1. The molecule has 1 fully saturated rings. The Kier molecular flexibility index (Phi) is 9.54. The molecule has 2 aliphatic rings. The van der Waals surface area contributed by atoms with Crippen molar-refractivity contribution in [3.8, 4) is 34.2 Å². The molecule has 2 atom stereocenters. The molecule has 0 bridgehead atoms. The number of nitrogens with zero attached hydrogens (tertiary/aromatic N) is 10. The molecular weight excluding hydrogens is 846 g/mol. The maximum Gasteiger partial charge on any atom is 0.438 e. The van der Waals surface area contributed by atoms with E-state index in [4.69, 9.17) is 19.1 Å². The fourth-order valence-electron chi connectivity index (χ4n) is 9.80. The highest BCUT2D eigenvalue weighted by atomic mass is 19.1. The van der Waals surface area contributed by atoms with Gasteiger partial charge < -0.3 is 18.9 Å². The molecule has 18 heteroatoms. The second-order valence-electron chi connectivity index (χ2n) is 17.1. The molecule has 1 amide bonds. The predicted octanol–water partition coefficient (Wildman–Crippen LogP) is 6.25. The molecule has 11 rings (SSSR count). The summed E-state index contributed by atoms with van der Waals surface area (Å²) < 4.78 is 40.2. The van der Waals surface area contributed by atoms with Gasteiger partial charge in [0.15, 0.2) is 11.6 Å². The van der Waals surface area contributed by atoms with Crippen LogP contribution in [0.15, 0.2) is 106 Å². The number of hydrogen-bond acceptors (Lipinski definition) is 10. The van der Waals surface area contributed by atoms with Crippen LogP contribution < -0.4 is 16.2 Å². The number of hydrogen-bond donors (Lipinski definition) is 1. The Morgan fingerprint density at radius 2 is 1.82 bits per heavy atom. The van der Waals surface area contributed by atoms with Crippen LogP contribution in [0.5, 0.6) is 5.88 Å². The van der Waals surface area contributed by atoms with Gasteiger partial charge in [-0.1, -0.05) is 30.3 Å². The molecule has 1 saturated carbocycles. The number of H-pyrrole nitrogens is 1. The number of carbonyl (C=O) groups is 1. The van der Waals surface area contributed by atoms with E-state index in [-0.39, 0.29) is 24.1 Å². The lowest BCUT2D eigenvalue weighted by atomic mass is 10.0. The summed E-state index contributed by atoms with van der Waals surface area (Å²) in [6.07, 6.45) is 7.69. The van der Waals surface area contributed by atoms with E-state index in [0.29, 0.717) is 78.3 Å². The van der Waals surface area contributed by atoms with Gasteiger partial charge in [-0.15, -0.1) is 0 Å². The Bertz CT molecular complexity index is 3530. The molecule has 0 spiro atoms. The van der Waals surface area contributed by atoms with Crippen LogP contribution in [0.25, 0.3) is 50.1 Å². The molecule has 1 aliphatic carbocycles. The molecule has 6 aromatic heterocycles. The molecule has 9 aromatic rings. The van der Waals surface area contributed by atoms with Crippen LogP contribution in [0.4, 0.5) is 4.39 Å². The van der Waals surface area contributed by atoms with Crippen molar-refractivity contribution in [1.29, 1.82) is 0 Å². The summed E-state index contributed by atoms with van der Waals surface area (Å²) in [5.74, 6) is -0.293. The van der Waals surface area contributed by atoms with Gasteiger partial charge in [0, 0.05) is 66.1 Å². The minimum absolute atomic E-state index is 0.0164. The lowest BCUT2D eigenvalue weighted by Crippen LogP contribution is -2.39. The van der Waals surface area contributed by atoms with E-state index in [0.717, 1.165) is 38.5 Å². The van der Waals surface area contributed by atoms with Crippen LogP contribution in [0.2, 0.25) is 0 Å². The van der Waals surface area contributed by atoms with E-state index < -0.39 is 22.8 Å². The van der Waals surface area contributed by atoms with Crippen molar-refractivity contribution in [2.45, 2.75) is 52.2 Å². The van der Waals surface area contributed by atoms with Gasteiger partial charge in [0.25, 0.3) is 5.91 Å². The summed E-state index contributed by atoms with van der Waals surface area (Å²) in [5.41, 5.74) is 5.90. The Morgan fingerprint density at radius 1 is 1.00 bits per heavy atom. The lowest BCUT2D eigenvalue weighted by Gasteiger charge is -2.29. The summed E-state index contributed by atoms with van der Waals surface area (Å²) in [7, 11) is 3.23. The van der Waals surface area contributed by atoms with Crippen LogP contribution in [-0.4, -0.2) is 86.6 Å². The summed E-state index contributed by atoms with van der Waals surface area (Å²) in [5, 5.41) is 15.2. The number of rotatable bonds is 11. The average Bonchev–Trinajstić information content (AvgIpc) is 3.96. The molecule has 1 aliphatic heterocycles. The monoisotopic (exact) mass is 889 g/mol. The normalized spacial score (nSPS) is 16.9. The van der Waals surface area contributed by atoms with Crippen molar-refractivity contribution < 1.29 is 23.2 Å². The van der Waals surface area contributed by atoms with Gasteiger partial charge in [-0.25, -0.2) is 23.6 Å². The molecule has 3 aromatic carbocycles. The number of carbonyl (C=O) groups excluding carboxylic acids is 1. The Hall–Kier alpha value is -7.86. The molecule has 334 valence electrons. The first-order valence-corrected chi connectivity index (χ1v) is 21.6. The number of aryl methyl sites for hydroxylation is 1. The summed E-state index contributed by atoms with van der Waals surface area (Å²) in [6.45, 7) is 7.11. The van der Waals surface area contributed by atoms with E-state index in [2.05, 4.69) is 20.2 Å². The number of ether oxygens (including phenoxy) is 2. The summed E-state index contributed by atoms with van der Waals surface area (Å²) in [6, 6.07) is 20.5. The second-order valence-corrected chi connectivity index (χ2v) is 17.1. The van der Waals surface area contributed by atoms with Gasteiger partial charge in [-0.2, -0.15) is 10.2 Å². The fraction of sp³-hybridized carbons (Fsp3) is 0.271. The lowest BCUT2D eigenvalue weighted by molar-refractivity contribution is 0.0721. The van der Waals surface area contributed by atoms with E-state index in [9.17, 15) is 9.59 Å². The van der Waals surface area contributed by atoms with E-state index in [1.165, 1.54) is 13.8 Å². The van der Waals surface area contributed by atoms with Crippen LogP contribution >= 0.6 is 0 Å². The zero-order valence-corrected chi connectivity index (χ0v) is 36.8. The van der Waals surface area contributed by atoms with Crippen molar-refractivity contribution >= 4 is 27.7 Å². The third-order valence-electron chi connectivity index (χ3n) is 13.3. The number of aromatic amines is 1. The Morgan fingerprint density at radius 3 is 2.59 bits per heavy atom. The van der Waals surface area contributed by atoms with Crippen LogP contribution in [-0.2, 0) is 29.8 Å². The standard InChI is InChI=1S/C48H44FN11O6/c1-27-7-6-8-39(41(27)49)60-43(57-18-17-56(47(57)63)33-10-12-37-32(22-33)25-51-58(37)19-20-64-4)35-26-55(16-14-36(35)53-60)44(61)40-23-31-21-30(34-13-15-50-42(65-5)29(34)3)9-11-38(31)59(40)48(24-28(48)2)45-52-46(62)66-54-45/h6-13,15,17-18,21-23,25,28H,14,16,19-20,24,26H2,1-5H3,(H,52,54,62)/t28-,48-/m0/s1. The van der Waals surface area contributed by atoms with E-state index in [1.807, 2.05) is 71.6 Å². The van der Waals surface area contributed by atoms with E-state index in [1.54, 1.807) is 69.0 Å². The number of halogens is 1. The number of benzene rings is 3. The van der Waals surface area contributed by atoms with E-state index >= 15 is 9.18 Å². The number of fused-ring (bicyclic) bond motifs is 3. The molecule has 0 saturated heterocycles. The third kappa shape index (κ3) is 6.26. The highest BCUT2D eigenvalue weighted by Crippen LogP contribution is 2.56. The number of methoxy groups -OCH3 is 2. The molecule has 17 nitrogen and oxygen atoms in total. The van der Waals surface area contributed by atoms with Crippen molar-refractivity contribution in [3.05, 3.63) is 152 Å². The highest BCUT2D eigenvalue weighted by molar-refractivity contribution is 6.00. The van der Waals surface area contributed by atoms with Gasteiger partial charge >= 0.3 is 11.4 Å². The fourth-order valence-corrected chi connectivity index (χ4v) is 9.80. The minimum Gasteiger partial charge on any atom is -0.481 e. The largest absolute Gasteiger partial charge is 0.481 e. The number of imidazole rings is 1. The third-order valence-corrected chi connectivity index (χ3v) is 13.3. The Balaban J connectivity index is 1.03. The first-order chi connectivity index (χ1) is 32.0. The molecule has 7 heterocycles. The minimum atomic E-state index is -0.877. The SMILES string of the molecule is COCCn1ncc2cc(-n3ccn(-c4c5c(nn4-c4cccc(C)c4F)CCN(C(=O)c4cc6cc(-c7ccnc(OC)c7C)ccc6n4[C@@]4(c6noc(=O)[nH]6)C[C@@H]4C)C5)c3=O)ccc21. The zero-order chi connectivity index (χ0) is 45.6. The maximum atomic E-state index is 16.1. The zero-order valence-electron chi connectivity index (χ0n) is 36.8. The first kappa shape index (κ1) is 40.9.